The smallest absolute Gasteiger partial charge is 0.237 e. The third kappa shape index (κ3) is 4.68. The first-order valence-corrected chi connectivity index (χ1v) is 9.75. The zero-order chi connectivity index (χ0) is 19.6. The summed E-state index contributed by atoms with van der Waals surface area (Å²) in [6.45, 7) is 1.74. The van der Waals surface area contributed by atoms with E-state index >= 15 is 0 Å². The largest absolute Gasteiger partial charge is 0.335 e. The van der Waals surface area contributed by atoms with Gasteiger partial charge in [-0.1, -0.05) is 52.6 Å². The summed E-state index contributed by atoms with van der Waals surface area (Å²) >= 11 is 19.3. The highest BCUT2D eigenvalue weighted by molar-refractivity contribution is 8.00. The molecule has 140 valence electrons. The molecule has 27 heavy (non-hydrogen) atoms. The molecule has 0 saturated carbocycles. The van der Waals surface area contributed by atoms with Crippen molar-refractivity contribution in [2.75, 3.05) is 11.2 Å². The molecule has 1 atom stereocenters. The number of nitrogens with zero attached hydrogens (tertiary/aromatic N) is 3. The standard InChI is InChI=1S/C17H14Cl3N5OS/c1-9(16(26)22-12-4-2-3-10(18)7-12)27-17-24-23-15(25(17)21)13-8-11(19)5-6-14(13)20/h2-9H,21H2,1H3,(H,22,26). The van der Waals surface area contributed by atoms with Gasteiger partial charge in [-0.05, 0) is 43.3 Å². The molecule has 0 aliphatic heterocycles. The Hall–Kier alpha value is -1.93. The molecule has 0 bridgehead atoms. The number of amides is 1. The number of hydrogen-bond acceptors (Lipinski definition) is 5. The molecule has 0 radical (unpaired) electrons. The molecular weight excluding hydrogens is 429 g/mol. The summed E-state index contributed by atoms with van der Waals surface area (Å²) < 4.78 is 1.28. The first kappa shape index (κ1) is 19.8. The monoisotopic (exact) mass is 441 g/mol. The van der Waals surface area contributed by atoms with Gasteiger partial charge in [-0.15, -0.1) is 10.2 Å². The van der Waals surface area contributed by atoms with Crippen LogP contribution in [0.3, 0.4) is 0 Å². The van der Waals surface area contributed by atoms with Gasteiger partial charge in [0.05, 0.1) is 10.3 Å². The summed E-state index contributed by atoms with van der Waals surface area (Å²) in [5.41, 5.74) is 1.17. The van der Waals surface area contributed by atoms with Gasteiger partial charge < -0.3 is 11.2 Å². The van der Waals surface area contributed by atoms with Crippen LogP contribution in [-0.4, -0.2) is 26.0 Å². The van der Waals surface area contributed by atoms with Crippen LogP contribution in [0.25, 0.3) is 11.4 Å². The number of aromatic nitrogens is 3. The molecule has 6 nitrogen and oxygen atoms in total. The third-order valence-corrected chi connectivity index (χ3v) is 5.43. The maximum Gasteiger partial charge on any atom is 0.237 e. The molecule has 0 fully saturated rings. The first-order valence-electron chi connectivity index (χ1n) is 7.74. The van der Waals surface area contributed by atoms with Crippen LogP contribution in [0.5, 0.6) is 0 Å². The number of nitrogens with two attached hydrogens (primary N) is 1. The van der Waals surface area contributed by atoms with Crippen LogP contribution in [-0.2, 0) is 4.79 Å². The highest BCUT2D eigenvalue weighted by Crippen LogP contribution is 2.31. The van der Waals surface area contributed by atoms with E-state index < -0.39 is 5.25 Å². The lowest BCUT2D eigenvalue weighted by Gasteiger charge is -2.12. The number of anilines is 1. The van der Waals surface area contributed by atoms with E-state index in [-0.39, 0.29) is 5.91 Å². The molecule has 0 aliphatic rings. The van der Waals surface area contributed by atoms with Crippen molar-refractivity contribution in [2.45, 2.75) is 17.3 Å². The Balaban J connectivity index is 1.75. The van der Waals surface area contributed by atoms with E-state index in [4.69, 9.17) is 40.6 Å². The fourth-order valence-electron chi connectivity index (χ4n) is 2.23. The third-order valence-electron chi connectivity index (χ3n) is 3.58. The van der Waals surface area contributed by atoms with Crippen molar-refractivity contribution in [3.63, 3.8) is 0 Å². The average Bonchev–Trinajstić information content (AvgIpc) is 2.97. The summed E-state index contributed by atoms with van der Waals surface area (Å²) in [6.07, 6.45) is 0. The predicted molar refractivity (Wildman–Crippen MR) is 111 cm³/mol. The Bertz CT molecular complexity index is 994. The van der Waals surface area contributed by atoms with Crippen molar-refractivity contribution in [3.8, 4) is 11.4 Å². The predicted octanol–water partition coefficient (Wildman–Crippen LogP) is 4.74. The number of thioether (sulfide) groups is 1. The molecule has 0 spiro atoms. The van der Waals surface area contributed by atoms with Gasteiger partial charge in [0.25, 0.3) is 0 Å². The van der Waals surface area contributed by atoms with Gasteiger partial charge in [0.2, 0.25) is 11.1 Å². The molecule has 1 unspecified atom stereocenters. The van der Waals surface area contributed by atoms with Crippen LogP contribution < -0.4 is 11.2 Å². The summed E-state index contributed by atoms with van der Waals surface area (Å²) in [5.74, 6) is 6.23. The Labute approximate surface area is 175 Å². The van der Waals surface area contributed by atoms with E-state index in [0.717, 1.165) is 0 Å². The molecule has 3 aromatic rings. The number of carbonyl (C=O) groups is 1. The Morgan fingerprint density at radius 1 is 1.15 bits per heavy atom. The minimum atomic E-state index is -0.474. The zero-order valence-electron chi connectivity index (χ0n) is 14.0. The number of nitrogen functional groups attached to an aromatic ring is 1. The minimum absolute atomic E-state index is 0.215. The van der Waals surface area contributed by atoms with Gasteiger partial charge in [-0.2, -0.15) is 0 Å². The van der Waals surface area contributed by atoms with Gasteiger partial charge in [-0.3, -0.25) is 4.79 Å². The Morgan fingerprint density at radius 2 is 1.89 bits per heavy atom. The van der Waals surface area contributed by atoms with E-state index in [1.54, 1.807) is 49.4 Å². The minimum Gasteiger partial charge on any atom is -0.335 e. The molecule has 1 heterocycles. The lowest BCUT2D eigenvalue weighted by atomic mass is 10.2. The molecule has 1 aromatic heterocycles. The van der Waals surface area contributed by atoms with Gasteiger partial charge in [0, 0.05) is 21.3 Å². The Morgan fingerprint density at radius 3 is 2.63 bits per heavy atom. The van der Waals surface area contributed by atoms with Crippen molar-refractivity contribution in [3.05, 3.63) is 57.5 Å². The molecule has 3 rings (SSSR count). The quantitative estimate of drug-likeness (QED) is 0.440. The van der Waals surface area contributed by atoms with Gasteiger partial charge >= 0.3 is 0 Å². The SMILES string of the molecule is CC(Sc1nnc(-c2cc(Cl)ccc2Cl)n1N)C(=O)Nc1cccc(Cl)c1. The van der Waals surface area contributed by atoms with Gasteiger partial charge in [-0.25, -0.2) is 4.68 Å². The second-order valence-corrected chi connectivity index (χ2v) is 8.15. The molecule has 3 N–H and O–H groups in total. The lowest BCUT2D eigenvalue weighted by molar-refractivity contribution is -0.115. The Kier molecular flexibility index (Phi) is 6.16. The van der Waals surface area contributed by atoms with Crippen molar-refractivity contribution in [2.24, 2.45) is 0 Å². The number of hydrogen-bond donors (Lipinski definition) is 2. The molecule has 1 amide bonds. The normalized spacial score (nSPS) is 12.0. The molecule has 2 aromatic carbocycles. The van der Waals surface area contributed by atoms with Crippen LogP contribution in [0.4, 0.5) is 5.69 Å². The summed E-state index contributed by atoms with van der Waals surface area (Å²) in [4.78, 5) is 12.4. The van der Waals surface area contributed by atoms with Gasteiger partial charge in [0.1, 0.15) is 0 Å². The molecule has 0 saturated heterocycles. The van der Waals surface area contributed by atoms with E-state index in [1.807, 2.05) is 0 Å². The van der Waals surface area contributed by atoms with Crippen LogP contribution >= 0.6 is 46.6 Å². The fourth-order valence-corrected chi connectivity index (χ4v) is 3.57. The van der Waals surface area contributed by atoms with E-state index in [2.05, 4.69) is 15.5 Å². The summed E-state index contributed by atoms with van der Waals surface area (Å²) in [7, 11) is 0. The van der Waals surface area contributed by atoms with E-state index in [9.17, 15) is 4.79 Å². The van der Waals surface area contributed by atoms with Crippen molar-refractivity contribution in [1.29, 1.82) is 0 Å². The van der Waals surface area contributed by atoms with Crippen molar-refractivity contribution in [1.82, 2.24) is 14.9 Å². The average molecular weight is 443 g/mol. The fraction of sp³-hybridized carbons (Fsp3) is 0.118. The zero-order valence-corrected chi connectivity index (χ0v) is 17.1. The second-order valence-electron chi connectivity index (χ2n) is 5.56. The van der Waals surface area contributed by atoms with E-state index in [0.29, 0.717) is 37.3 Å². The number of benzene rings is 2. The maximum absolute atomic E-state index is 12.4. The highest BCUT2D eigenvalue weighted by Gasteiger charge is 2.21. The van der Waals surface area contributed by atoms with Crippen molar-refractivity contribution < 1.29 is 4.79 Å². The number of halogens is 3. The number of rotatable bonds is 5. The molecule has 0 aliphatic carbocycles. The number of nitrogens with one attached hydrogen (secondary N) is 1. The summed E-state index contributed by atoms with van der Waals surface area (Å²) in [6, 6.07) is 11.9. The van der Waals surface area contributed by atoms with Crippen LogP contribution in [0, 0.1) is 0 Å². The van der Waals surface area contributed by atoms with Crippen molar-refractivity contribution >= 4 is 58.2 Å². The van der Waals surface area contributed by atoms with E-state index in [1.165, 1.54) is 16.4 Å². The first-order chi connectivity index (χ1) is 12.8. The number of carbonyl (C=O) groups excluding carboxylic acids is 1. The highest BCUT2D eigenvalue weighted by atomic mass is 35.5. The van der Waals surface area contributed by atoms with Gasteiger partial charge in [0.15, 0.2) is 5.82 Å². The topological polar surface area (TPSA) is 85.8 Å². The molecular formula is C17H14Cl3N5OS. The maximum atomic E-state index is 12.4. The summed E-state index contributed by atoms with van der Waals surface area (Å²) in [5, 5.41) is 12.3. The molecule has 10 heteroatoms. The van der Waals surface area contributed by atoms with Crippen LogP contribution in [0.15, 0.2) is 47.6 Å². The van der Waals surface area contributed by atoms with Crippen LogP contribution in [0.2, 0.25) is 15.1 Å². The lowest BCUT2D eigenvalue weighted by Crippen LogP contribution is -2.23. The van der Waals surface area contributed by atoms with Crippen LogP contribution in [0.1, 0.15) is 6.92 Å². The second kappa shape index (κ2) is 8.39.